The van der Waals surface area contributed by atoms with Crippen LogP contribution in [0.5, 0.6) is 0 Å². The molecule has 2 aromatic rings. The number of hydrogen-bond donors (Lipinski definition) is 0. The van der Waals surface area contributed by atoms with Gasteiger partial charge >= 0.3 is 0 Å². The zero-order valence-electron chi connectivity index (χ0n) is 15.0. The Morgan fingerprint density at radius 2 is 1.56 bits per heavy atom. The topological polar surface area (TPSA) is 57.7 Å². The maximum Gasteiger partial charge on any atom is 0.264 e. The minimum absolute atomic E-state index is 0.116. The monoisotopic (exact) mass is 360 g/mol. The van der Waals surface area contributed by atoms with Crippen LogP contribution in [0.2, 0.25) is 0 Å². The molecule has 1 unspecified atom stereocenters. The maximum absolute atomic E-state index is 12.7. The van der Waals surface area contributed by atoms with E-state index in [0.717, 1.165) is 6.42 Å². The van der Waals surface area contributed by atoms with Crippen molar-refractivity contribution in [1.29, 1.82) is 0 Å². The molecule has 0 saturated heterocycles. The molecule has 1 amide bonds. The third kappa shape index (κ3) is 4.02. The molecule has 0 aromatic heterocycles. The Bertz CT molecular complexity index is 818. The highest BCUT2D eigenvalue weighted by Crippen LogP contribution is 2.22. The molecule has 0 aliphatic rings. The van der Waals surface area contributed by atoms with E-state index < -0.39 is 10.0 Å². The van der Waals surface area contributed by atoms with Gasteiger partial charge < -0.3 is 4.90 Å². The lowest BCUT2D eigenvalue weighted by Gasteiger charge is -2.24. The van der Waals surface area contributed by atoms with Crippen molar-refractivity contribution in [2.45, 2.75) is 31.2 Å². The highest BCUT2D eigenvalue weighted by molar-refractivity contribution is 7.92. The van der Waals surface area contributed by atoms with E-state index in [9.17, 15) is 13.2 Å². The Kier molecular flexibility index (Phi) is 5.85. The smallest absolute Gasteiger partial charge is 0.264 e. The molecule has 1 atom stereocenters. The zero-order valence-corrected chi connectivity index (χ0v) is 15.8. The first-order valence-electron chi connectivity index (χ1n) is 8.20. The van der Waals surface area contributed by atoms with Gasteiger partial charge in [-0.2, -0.15) is 0 Å². The van der Waals surface area contributed by atoms with E-state index in [1.54, 1.807) is 48.3 Å². The van der Waals surface area contributed by atoms with Crippen LogP contribution in [0.15, 0.2) is 59.5 Å². The number of sulfonamides is 1. The molecule has 0 N–H and O–H groups in total. The van der Waals surface area contributed by atoms with Gasteiger partial charge in [-0.25, -0.2) is 8.42 Å². The number of nitrogens with zero attached hydrogens (tertiary/aromatic N) is 2. The van der Waals surface area contributed by atoms with Gasteiger partial charge in [-0.05, 0) is 49.7 Å². The van der Waals surface area contributed by atoms with Crippen LogP contribution in [-0.2, 0) is 10.0 Å². The van der Waals surface area contributed by atoms with Crippen LogP contribution in [0, 0.1) is 0 Å². The third-order valence-corrected chi connectivity index (χ3v) is 6.25. The molecule has 0 saturated carbocycles. The van der Waals surface area contributed by atoms with E-state index in [1.807, 2.05) is 19.9 Å². The van der Waals surface area contributed by atoms with Crippen LogP contribution < -0.4 is 4.31 Å². The first-order chi connectivity index (χ1) is 11.8. The lowest BCUT2D eigenvalue weighted by molar-refractivity contribution is 0.0740. The van der Waals surface area contributed by atoms with Crippen LogP contribution in [0.4, 0.5) is 5.69 Å². The highest BCUT2D eigenvalue weighted by Gasteiger charge is 2.22. The van der Waals surface area contributed by atoms with Crippen molar-refractivity contribution in [1.82, 2.24) is 4.90 Å². The summed E-state index contributed by atoms with van der Waals surface area (Å²) in [5.74, 6) is -0.116. The molecule has 0 radical (unpaired) electrons. The fraction of sp³-hybridized carbons (Fsp3) is 0.316. The predicted octanol–water partition coefficient (Wildman–Crippen LogP) is 3.38. The summed E-state index contributed by atoms with van der Waals surface area (Å²) in [5, 5.41) is 0. The molecule has 5 nitrogen and oxygen atoms in total. The number of rotatable bonds is 6. The summed E-state index contributed by atoms with van der Waals surface area (Å²) in [6.45, 7) is 4.00. The summed E-state index contributed by atoms with van der Waals surface area (Å²) in [6.07, 6.45) is 0.858. The van der Waals surface area contributed by atoms with Crippen LogP contribution in [0.1, 0.15) is 30.6 Å². The van der Waals surface area contributed by atoms with Crippen molar-refractivity contribution in [3.05, 3.63) is 60.2 Å². The molecular weight excluding hydrogens is 336 g/mol. The summed E-state index contributed by atoms with van der Waals surface area (Å²) in [5.41, 5.74) is 1.06. The number of carbonyl (C=O) groups is 1. The first-order valence-corrected chi connectivity index (χ1v) is 9.64. The van der Waals surface area contributed by atoms with Crippen molar-refractivity contribution < 1.29 is 13.2 Å². The second-order valence-electron chi connectivity index (χ2n) is 6.01. The fourth-order valence-electron chi connectivity index (χ4n) is 2.38. The summed E-state index contributed by atoms with van der Waals surface area (Å²) >= 11 is 0. The molecule has 2 rings (SSSR count). The first kappa shape index (κ1) is 19.0. The zero-order chi connectivity index (χ0) is 18.6. The molecule has 6 heteroatoms. The van der Waals surface area contributed by atoms with Crippen LogP contribution >= 0.6 is 0 Å². The van der Waals surface area contributed by atoms with Gasteiger partial charge in [-0.15, -0.1) is 0 Å². The van der Waals surface area contributed by atoms with Gasteiger partial charge in [0.25, 0.3) is 15.9 Å². The molecule has 134 valence electrons. The molecule has 0 fully saturated rings. The molecule has 2 aromatic carbocycles. The molecule has 0 aliphatic heterocycles. The van der Waals surface area contributed by atoms with E-state index in [2.05, 4.69) is 0 Å². The molecule has 0 bridgehead atoms. The molecule has 0 heterocycles. The van der Waals surface area contributed by atoms with Crippen LogP contribution in [0.25, 0.3) is 0 Å². The Labute approximate surface area is 149 Å². The van der Waals surface area contributed by atoms with Crippen LogP contribution in [-0.4, -0.2) is 39.4 Å². The van der Waals surface area contributed by atoms with Crippen molar-refractivity contribution in [3.63, 3.8) is 0 Å². The number of para-hydroxylation sites is 1. The average molecular weight is 360 g/mol. The van der Waals surface area contributed by atoms with Crippen molar-refractivity contribution in [2.75, 3.05) is 18.4 Å². The van der Waals surface area contributed by atoms with Gasteiger partial charge in [0, 0.05) is 25.7 Å². The number of benzene rings is 2. The van der Waals surface area contributed by atoms with Crippen molar-refractivity contribution in [2.24, 2.45) is 0 Å². The Morgan fingerprint density at radius 3 is 2.08 bits per heavy atom. The predicted molar refractivity (Wildman–Crippen MR) is 100 cm³/mol. The van der Waals surface area contributed by atoms with E-state index in [-0.39, 0.29) is 16.8 Å². The Balaban J connectivity index is 2.26. The molecular formula is C19H24N2O3S. The van der Waals surface area contributed by atoms with E-state index in [1.165, 1.54) is 23.5 Å². The summed E-state index contributed by atoms with van der Waals surface area (Å²) in [7, 11) is -0.399. The number of amides is 1. The summed E-state index contributed by atoms with van der Waals surface area (Å²) < 4.78 is 26.7. The average Bonchev–Trinajstić information content (AvgIpc) is 2.66. The van der Waals surface area contributed by atoms with Crippen LogP contribution in [0.3, 0.4) is 0 Å². The normalized spacial score (nSPS) is 12.5. The minimum Gasteiger partial charge on any atom is -0.339 e. The second kappa shape index (κ2) is 7.70. The van der Waals surface area contributed by atoms with Crippen molar-refractivity contribution >= 4 is 21.6 Å². The number of anilines is 1. The highest BCUT2D eigenvalue weighted by atomic mass is 32.2. The Morgan fingerprint density at radius 1 is 1.00 bits per heavy atom. The number of hydrogen-bond acceptors (Lipinski definition) is 3. The third-order valence-electron chi connectivity index (χ3n) is 4.45. The Hall–Kier alpha value is -2.34. The second-order valence-corrected chi connectivity index (χ2v) is 7.98. The lowest BCUT2D eigenvalue weighted by Crippen LogP contribution is -2.34. The van der Waals surface area contributed by atoms with E-state index in [0.29, 0.717) is 11.3 Å². The SMILES string of the molecule is CCC(C)N(C)C(=O)c1ccc(S(=O)(=O)N(C)c2ccccc2)cc1. The molecule has 0 aliphatic carbocycles. The van der Waals surface area contributed by atoms with E-state index in [4.69, 9.17) is 0 Å². The van der Waals surface area contributed by atoms with Gasteiger partial charge in [0.15, 0.2) is 0 Å². The maximum atomic E-state index is 12.7. The fourth-order valence-corrected chi connectivity index (χ4v) is 3.58. The molecule has 0 spiro atoms. The summed E-state index contributed by atoms with van der Waals surface area (Å²) in [4.78, 5) is 14.2. The standard InChI is InChI=1S/C19H24N2O3S/c1-5-15(2)20(3)19(22)16-11-13-18(14-12-16)25(23,24)21(4)17-9-7-6-8-10-17/h6-15H,5H2,1-4H3. The minimum atomic E-state index is -3.67. The van der Waals surface area contributed by atoms with Crippen molar-refractivity contribution in [3.8, 4) is 0 Å². The van der Waals surface area contributed by atoms with Gasteiger partial charge in [0.1, 0.15) is 0 Å². The van der Waals surface area contributed by atoms with Gasteiger partial charge in [-0.1, -0.05) is 25.1 Å². The van der Waals surface area contributed by atoms with E-state index >= 15 is 0 Å². The van der Waals surface area contributed by atoms with Gasteiger partial charge in [-0.3, -0.25) is 9.10 Å². The van der Waals surface area contributed by atoms with Gasteiger partial charge in [0.05, 0.1) is 10.6 Å². The summed E-state index contributed by atoms with van der Waals surface area (Å²) in [6, 6.07) is 15.1. The van der Waals surface area contributed by atoms with Gasteiger partial charge in [0.2, 0.25) is 0 Å². The lowest BCUT2D eigenvalue weighted by atomic mass is 10.1. The quantitative estimate of drug-likeness (QED) is 0.793. The molecule has 25 heavy (non-hydrogen) atoms. The largest absolute Gasteiger partial charge is 0.339 e. The number of carbonyl (C=O) groups excluding carboxylic acids is 1.